The number of non-ortho nitro benzene ring substituents is 1. The molecule has 3 rings (SSSR count). The summed E-state index contributed by atoms with van der Waals surface area (Å²) in [5.41, 5.74) is 0.623. The minimum Gasteiger partial charge on any atom is -0.490 e. The molecule has 0 unspecified atom stereocenters. The Morgan fingerprint density at radius 2 is 2.06 bits per heavy atom. The number of nitrogens with zero attached hydrogens (tertiary/aromatic N) is 4. The molecular formula is C22H23BrN4O4. The first-order valence-electron chi connectivity index (χ1n) is 10.0. The van der Waals surface area contributed by atoms with Crippen molar-refractivity contribution in [3.63, 3.8) is 0 Å². The molecule has 8 nitrogen and oxygen atoms in total. The number of nitro groups is 1. The quantitative estimate of drug-likeness (QED) is 0.251. The first kappa shape index (κ1) is 22.6. The second-order valence-electron chi connectivity index (χ2n) is 7.12. The number of halogens is 1. The van der Waals surface area contributed by atoms with Crippen LogP contribution in [0.25, 0.3) is 10.9 Å². The van der Waals surface area contributed by atoms with E-state index in [9.17, 15) is 14.9 Å². The van der Waals surface area contributed by atoms with Gasteiger partial charge in [-0.15, -0.1) is 0 Å². The smallest absolute Gasteiger partial charge is 0.282 e. The van der Waals surface area contributed by atoms with Gasteiger partial charge in [0.25, 0.3) is 11.2 Å². The summed E-state index contributed by atoms with van der Waals surface area (Å²) < 4.78 is 7.91. The standard InChI is InChI=1S/C22H23BrN4O4/c1-4-6-21-25-19-9-7-16(23)12-18(19)22(28)26(21)24-13-15-11-17(27(29)30)8-10-20(15)31-14(3)5-2/h7-14H,4-6H2,1-3H3/t14-/m0/s1. The molecule has 1 heterocycles. The highest BCUT2D eigenvalue weighted by atomic mass is 79.9. The number of benzene rings is 2. The van der Waals surface area contributed by atoms with Crippen LogP contribution in [0.2, 0.25) is 0 Å². The highest BCUT2D eigenvalue weighted by Gasteiger charge is 2.14. The molecular weight excluding hydrogens is 464 g/mol. The van der Waals surface area contributed by atoms with Crippen molar-refractivity contribution in [1.82, 2.24) is 9.66 Å². The lowest BCUT2D eigenvalue weighted by Gasteiger charge is -2.14. The summed E-state index contributed by atoms with van der Waals surface area (Å²) in [5.74, 6) is 0.985. The van der Waals surface area contributed by atoms with Gasteiger partial charge < -0.3 is 4.74 Å². The molecule has 3 aromatic rings. The molecule has 0 bridgehead atoms. The van der Waals surface area contributed by atoms with Crippen LogP contribution >= 0.6 is 15.9 Å². The zero-order valence-electron chi connectivity index (χ0n) is 17.5. The number of fused-ring (bicyclic) bond motifs is 1. The Morgan fingerprint density at radius 3 is 2.74 bits per heavy atom. The number of aryl methyl sites for hydroxylation is 1. The second kappa shape index (κ2) is 9.82. The summed E-state index contributed by atoms with van der Waals surface area (Å²) in [6.45, 7) is 5.89. The van der Waals surface area contributed by atoms with Gasteiger partial charge in [0.1, 0.15) is 11.6 Å². The van der Waals surface area contributed by atoms with Gasteiger partial charge in [-0.3, -0.25) is 14.9 Å². The molecule has 0 amide bonds. The average molecular weight is 487 g/mol. The maximum atomic E-state index is 13.1. The molecule has 162 valence electrons. The van der Waals surface area contributed by atoms with Gasteiger partial charge in [0.05, 0.1) is 28.1 Å². The van der Waals surface area contributed by atoms with E-state index in [1.54, 1.807) is 18.2 Å². The van der Waals surface area contributed by atoms with Crippen LogP contribution in [0.1, 0.15) is 45.0 Å². The highest BCUT2D eigenvalue weighted by molar-refractivity contribution is 9.10. The summed E-state index contributed by atoms with van der Waals surface area (Å²) in [4.78, 5) is 28.5. The summed E-state index contributed by atoms with van der Waals surface area (Å²) in [6, 6.07) is 9.65. The van der Waals surface area contributed by atoms with Crippen LogP contribution in [0.5, 0.6) is 5.75 Å². The lowest BCUT2D eigenvalue weighted by Crippen LogP contribution is -2.22. The summed E-state index contributed by atoms with van der Waals surface area (Å²) >= 11 is 3.38. The highest BCUT2D eigenvalue weighted by Crippen LogP contribution is 2.24. The molecule has 0 aliphatic rings. The number of hydrogen-bond donors (Lipinski definition) is 0. The van der Waals surface area contributed by atoms with E-state index in [0.717, 1.165) is 17.3 Å². The number of ether oxygens (including phenoxy) is 1. The van der Waals surface area contributed by atoms with Crippen LogP contribution in [-0.2, 0) is 6.42 Å². The van der Waals surface area contributed by atoms with Crippen molar-refractivity contribution in [3.05, 3.63) is 72.7 Å². The summed E-state index contributed by atoms with van der Waals surface area (Å²) in [5, 5.41) is 16.0. The number of rotatable bonds is 8. The third-order valence-electron chi connectivity index (χ3n) is 4.77. The van der Waals surface area contributed by atoms with Crippen molar-refractivity contribution in [2.75, 3.05) is 0 Å². The molecule has 0 N–H and O–H groups in total. The van der Waals surface area contributed by atoms with Crippen molar-refractivity contribution in [2.45, 2.75) is 46.1 Å². The molecule has 0 saturated heterocycles. The first-order valence-corrected chi connectivity index (χ1v) is 10.8. The zero-order chi connectivity index (χ0) is 22.5. The van der Waals surface area contributed by atoms with Gasteiger partial charge >= 0.3 is 0 Å². The predicted molar refractivity (Wildman–Crippen MR) is 124 cm³/mol. The fraction of sp³-hybridized carbons (Fsp3) is 0.318. The van der Waals surface area contributed by atoms with Gasteiger partial charge in [-0.1, -0.05) is 29.8 Å². The van der Waals surface area contributed by atoms with Crippen LogP contribution in [0.4, 0.5) is 5.69 Å². The lowest BCUT2D eigenvalue weighted by atomic mass is 10.2. The molecule has 2 aromatic carbocycles. The average Bonchev–Trinajstić information content (AvgIpc) is 2.74. The van der Waals surface area contributed by atoms with Crippen LogP contribution in [-0.4, -0.2) is 26.9 Å². The van der Waals surface area contributed by atoms with E-state index < -0.39 is 4.92 Å². The summed E-state index contributed by atoms with van der Waals surface area (Å²) in [6.07, 6.45) is 3.45. The molecule has 1 aromatic heterocycles. The molecule has 0 spiro atoms. The Bertz CT molecular complexity index is 1210. The van der Waals surface area contributed by atoms with Gasteiger partial charge in [0.2, 0.25) is 0 Å². The molecule has 31 heavy (non-hydrogen) atoms. The van der Waals surface area contributed by atoms with E-state index in [4.69, 9.17) is 4.74 Å². The fourth-order valence-corrected chi connectivity index (χ4v) is 3.34. The SMILES string of the molecule is CCCc1nc2ccc(Br)cc2c(=O)n1N=Cc1cc([N+](=O)[O-])ccc1O[C@@H](C)CC. The van der Waals surface area contributed by atoms with E-state index in [0.29, 0.717) is 34.5 Å². The van der Waals surface area contributed by atoms with Crippen LogP contribution in [0.3, 0.4) is 0 Å². The Balaban J connectivity index is 2.14. The van der Waals surface area contributed by atoms with Gasteiger partial charge in [0, 0.05) is 28.6 Å². The fourth-order valence-electron chi connectivity index (χ4n) is 2.98. The molecule has 0 aliphatic carbocycles. The minimum absolute atomic E-state index is 0.0772. The molecule has 0 aliphatic heterocycles. The Kier molecular flexibility index (Phi) is 7.17. The topological polar surface area (TPSA) is 99.6 Å². The molecule has 0 fully saturated rings. The molecule has 0 saturated carbocycles. The minimum atomic E-state index is -0.478. The van der Waals surface area contributed by atoms with E-state index in [-0.39, 0.29) is 17.4 Å². The maximum Gasteiger partial charge on any atom is 0.282 e. The molecule has 9 heteroatoms. The Labute approximate surface area is 187 Å². The number of hydrogen-bond acceptors (Lipinski definition) is 6. The van der Waals surface area contributed by atoms with Crippen LogP contribution < -0.4 is 10.3 Å². The Hall–Kier alpha value is -3.07. The first-order chi connectivity index (χ1) is 14.8. The van der Waals surface area contributed by atoms with Gasteiger partial charge in [0.15, 0.2) is 0 Å². The van der Waals surface area contributed by atoms with E-state index in [2.05, 4.69) is 26.0 Å². The molecule has 0 radical (unpaired) electrons. The monoisotopic (exact) mass is 486 g/mol. The van der Waals surface area contributed by atoms with Crippen molar-refractivity contribution < 1.29 is 9.66 Å². The van der Waals surface area contributed by atoms with Crippen molar-refractivity contribution in [3.8, 4) is 5.75 Å². The normalized spacial score (nSPS) is 12.4. The number of nitro benzene ring substituents is 1. The number of aromatic nitrogens is 2. The van der Waals surface area contributed by atoms with Crippen LogP contribution in [0.15, 0.2) is 50.8 Å². The predicted octanol–water partition coefficient (Wildman–Crippen LogP) is 5.08. The summed E-state index contributed by atoms with van der Waals surface area (Å²) in [7, 11) is 0. The van der Waals surface area contributed by atoms with E-state index >= 15 is 0 Å². The van der Waals surface area contributed by atoms with Crippen molar-refractivity contribution in [1.29, 1.82) is 0 Å². The van der Waals surface area contributed by atoms with Crippen LogP contribution in [0, 0.1) is 10.1 Å². The van der Waals surface area contributed by atoms with Gasteiger partial charge in [-0.2, -0.15) is 9.78 Å². The van der Waals surface area contributed by atoms with Gasteiger partial charge in [-0.25, -0.2) is 4.98 Å². The third-order valence-corrected chi connectivity index (χ3v) is 5.26. The molecule has 1 atom stereocenters. The Morgan fingerprint density at radius 1 is 1.29 bits per heavy atom. The largest absolute Gasteiger partial charge is 0.490 e. The van der Waals surface area contributed by atoms with E-state index in [1.807, 2.05) is 26.8 Å². The maximum absolute atomic E-state index is 13.1. The van der Waals surface area contributed by atoms with Gasteiger partial charge in [-0.05, 0) is 44.0 Å². The lowest BCUT2D eigenvalue weighted by molar-refractivity contribution is -0.384. The van der Waals surface area contributed by atoms with E-state index in [1.165, 1.54) is 23.0 Å². The van der Waals surface area contributed by atoms with Crippen molar-refractivity contribution >= 4 is 38.7 Å². The zero-order valence-corrected chi connectivity index (χ0v) is 19.1. The second-order valence-corrected chi connectivity index (χ2v) is 8.03. The van der Waals surface area contributed by atoms with Crippen molar-refractivity contribution in [2.24, 2.45) is 5.10 Å². The third kappa shape index (κ3) is 5.16.